The molecule has 2 heterocycles. The lowest BCUT2D eigenvalue weighted by atomic mass is 9.94. The summed E-state index contributed by atoms with van der Waals surface area (Å²) in [6, 6.07) is 0. The number of likely N-dealkylation sites (tertiary alicyclic amines) is 1. The topological polar surface area (TPSA) is 6.48 Å². The van der Waals surface area contributed by atoms with Crippen molar-refractivity contribution in [2.45, 2.75) is 19.8 Å². The highest BCUT2D eigenvalue weighted by molar-refractivity contribution is 14.1. The number of nitrogens with zero attached hydrogens (tertiary/aromatic N) is 2. The molecular formula is C10H19IN2. The molecule has 13 heavy (non-hydrogen) atoms. The molecule has 0 aromatic rings. The van der Waals surface area contributed by atoms with Crippen LogP contribution in [-0.4, -0.2) is 40.7 Å². The fourth-order valence-corrected chi connectivity index (χ4v) is 2.98. The van der Waals surface area contributed by atoms with Crippen molar-refractivity contribution in [2.24, 2.45) is 11.8 Å². The van der Waals surface area contributed by atoms with Crippen molar-refractivity contribution in [1.82, 2.24) is 8.01 Å². The summed E-state index contributed by atoms with van der Waals surface area (Å²) in [7, 11) is 0. The van der Waals surface area contributed by atoms with E-state index in [0.29, 0.717) is 0 Å². The van der Waals surface area contributed by atoms with Crippen LogP contribution in [0.5, 0.6) is 0 Å². The largest absolute Gasteiger partial charge is 0.302 e. The summed E-state index contributed by atoms with van der Waals surface area (Å²) in [5.41, 5.74) is 0. The van der Waals surface area contributed by atoms with E-state index in [1.807, 2.05) is 0 Å². The first-order chi connectivity index (χ1) is 6.24. The summed E-state index contributed by atoms with van der Waals surface area (Å²) in [5, 5.41) is 0. The highest BCUT2D eigenvalue weighted by Gasteiger charge is 2.26. The van der Waals surface area contributed by atoms with Gasteiger partial charge in [-0.25, -0.2) is 3.11 Å². The maximum atomic E-state index is 2.62. The van der Waals surface area contributed by atoms with Gasteiger partial charge in [0.1, 0.15) is 0 Å². The molecule has 0 unspecified atom stereocenters. The number of hydrogen-bond donors (Lipinski definition) is 0. The molecule has 76 valence electrons. The van der Waals surface area contributed by atoms with Crippen LogP contribution < -0.4 is 0 Å². The fraction of sp³-hybridized carbons (Fsp3) is 1.00. The third-order valence-corrected chi connectivity index (χ3v) is 4.18. The van der Waals surface area contributed by atoms with Crippen molar-refractivity contribution in [3.8, 4) is 0 Å². The van der Waals surface area contributed by atoms with E-state index >= 15 is 0 Å². The zero-order chi connectivity index (χ0) is 9.26. The molecule has 0 radical (unpaired) electrons. The Bertz CT molecular complexity index is 160. The normalized spacial score (nSPS) is 29.1. The van der Waals surface area contributed by atoms with E-state index in [2.05, 4.69) is 37.8 Å². The summed E-state index contributed by atoms with van der Waals surface area (Å²) in [6.07, 6.45) is 2.82. The van der Waals surface area contributed by atoms with Crippen molar-refractivity contribution in [2.75, 3.05) is 32.7 Å². The number of rotatable bonds is 2. The van der Waals surface area contributed by atoms with Gasteiger partial charge in [-0.2, -0.15) is 0 Å². The number of piperidine rings is 1. The molecule has 0 amide bonds. The predicted molar refractivity (Wildman–Crippen MR) is 63.9 cm³/mol. The Kier molecular flexibility index (Phi) is 3.48. The molecule has 0 spiro atoms. The van der Waals surface area contributed by atoms with E-state index in [1.165, 1.54) is 45.6 Å². The van der Waals surface area contributed by atoms with Gasteiger partial charge in [0.05, 0.1) is 0 Å². The molecule has 0 N–H and O–H groups in total. The highest BCUT2D eigenvalue weighted by atomic mass is 127. The molecular weight excluding hydrogens is 275 g/mol. The minimum absolute atomic E-state index is 0.963. The zero-order valence-electron chi connectivity index (χ0n) is 8.38. The molecule has 2 nitrogen and oxygen atoms in total. The smallest absolute Gasteiger partial charge is 0.0201 e. The van der Waals surface area contributed by atoms with Crippen LogP contribution in [0, 0.1) is 11.8 Å². The summed E-state index contributed by atoms with van der Waals surface area (Å²) >= 11 is 2.45. The Morgan fingerprint density at radius 3 is 2.38 bits per heavy atom. The maximum Gasteiger partial charge on any atom is 0.0201 e. The molecule has 0 aromatic carbocycles. The maximum absolute atomic E-state index is 2.62. The Balaban J connectivity index is 1.65. The predicted octanol–water partition coefficient (Wildman–Crippen LogP) is 2.00. The molecule has 0 aliphatic carbocycles. The zero-order valence-corrected chi connectivity index (χ0v) is 10.5. The van der Waals surface area contributed by atoms with Gasteiger partial charge in [-0.15, -0.1) is 0 Å². The van der Waals surface area contributed by atoms with Crippen LogP contribution in [0.4, 0.5) is 0 Å². The molecule has 2 aliphatic heterocycles. The van der Waals surface area contributed by atoms with Crippen LogP contribution in [0.25, 0.3) is 0 Å². The van der Waals surface area contributed by atoms with Gasteiger partial charge < -0.3 is 4.90 Å². The van der Waals surface area contributed by atoms with Gasteiger partial charge in [-0.05, 0) is 24.7 Å². The van der Waals surface area contributed by atoms with Gasteiger partial charge in [-0.1, -0.05) is 6.92 Å². The van der Waals surface area contributed by atoms with Gasteiger partial charge in [0.2, 0.25) is 0 Å². The second-order valence-corrected chi connectivity index (χ2v) is 6.04. The summed E-state index contributed by atoms with van der Waals surface area (Å²) in [4.78, 5) is 2.62. The van der Waals surface area contributed by atoms with E-state index in [4.69, 9.17) is 0 Å². The van der Waals surface area contributed by atoms with Gasteiger partial charge >= 0.3 is 0 Å². The van der Waals surface area contributed by atoms with Crippen molar-refractivity contribution >= 4 is 22.9 Å². The highest BCUT2D eigenvalue weighted by Crippen LogP contribution is 2.23. The Hall–Kier alpha value is 0.650. The standard InChI is InChI=1S/C10H19IN2/c1-9-6-12(7-9)8-10-2-4-13(11)5-3-10/h9-10H,2-8H2,1H3. The second kappa shape index (κ2) is 4.45. The van der Waals surface area contributed by atoms with Crippen LogP contribution in [0.1, 0.15) is 19.8 Å². The van der Waals surface area contributed by atoms with E-state index in [9.17, 15) is 0 Å². The first kappa shape index (κ1) is 10.2. The molecule has 0 atom stereocenters. The SMILES string of the molecule is CC1CN(CC2CCN(I)CC2)C1. The molecule has 0 bridgehead atoms. The fourth-order valence-electron chi connectivity index (χ4n) is 2.43. The summed E-state index contributed by atoms with van der Waals surface area (Å²) in [5.74, 6) is 1.95. The minimum atomic E-state index is 0.963. The number of hydrogen-bond acceptors (Lipinski definition) is 2. The molecule has 3 heteroatoms. The van der Waals surface area contributed by atoms with Crippen LogP contribution in [0.2, 0.25) is 0 Å². The van der Waals surface area contributed by atoms with Crippen LogP contribution >= 0.6 is 22.9 Å². The minimum Gasteiger partial charge on any atom is -0.302 e. The lowest BCUT2D eigenvalue weighted by Crippen LogP contribution is -2.48. The third kappa shape index (κ3) is 2.80. The Morgan fingerprint density at radius 2 is 1.85 bits per heavy atom. The quantitative estimate of drug-likeness (QED) is 0.568. The summed E-state index contributed by atoms with van der Waals surface area (Å²) in [6.45, 7) is 9.02. The molecule has 2 rings (SSSR count). The molecule has 0 aromatic heterocycles. The Morgan fingerprint density at radius 1 is 1.23 bits per heavy atom. The molecule has 2 saturated heterocycles. The Labute approximate surface area is 95.2 Å². The van der Waals surface area contributed by atoms with Crippen molar-refractivity contribution in [1.29, 1.82) is 0 Å². The van der Waals surface area contributed by atoms with E-state index < -0.39 is 0 Å². The van der Waals surface area contributed by atoms with Gasteiger partial charge in [0.25, 0.3) is 0 Å². The van der Waals surface area contributed by atoms with Crippen LogP contribution in [0.3, 0.4) is 0 Å². The monoisotopic (exact) mass is 294 g/mol. The number of halogens is 1. The van der Waals surface area contributed by atoms with E-state index in [0.717, 1.165) is 11.8 Å². The van der Waals surface area contributed by atoms with Crippen molar-refractivity contribution in [3.63, 3.8) is 0 Å². The molecule has 0 saturated carbocycles. The lowest BCUT2D eigenvalue weighted by Gasteiger charge is -2.40. The van der Waals surface area contributed by atoms with E-state index in [1.54, 1.807) is 0 Å². The van der Waals surface area contributed by atoms with E-state index in [-0.39, 0.29) is 0 Å². The van der Waals surface area contributed by atoms with Gasteiger partial charge in [0.15, 0.2) is 0 Å². The first-order valence-corrected chi connectivity index (χ1v) is 6.33. The van der Waals surface area contributed by atoms with Crippen LogP contribution in [-0.2, 0) is 0 Å². The van der Waals surface area contributed by atoms with Gasteiger partial charge in [0, 0.05) is 55.6 Å². The second-order valence-electron chi connectivity index (χ2n) is 4.68. The average Bonchev–Trinajstić information content (AvgIpc) is 2.06. The van der Waals surface area contributed by atoms with Crippen molar-refractivity contribution < 1.29 is 0 Å². The average molecular weight is 294 g/mol. The van der Waals surface area contributed by atoms with Crippen LogP contribution in [0.15, 0.2) is 0 Å². The first-order valence-electron chi connectivity index (χ1n) is 5.37. The summed E-state index contributed by atoms with van der Waals surface area (Å²) < 4.78 is 2.42. The third-order valence-electron chi connectivity index (χ3n) is 3.22. The molecule has 2 aliphatic rings. The molecule has 2 fully saturated rings. The van der Waals surface area contributed by atoms with Gasteiger partial charge in [-0.3, -0.25) is 0 Å². The van der Waals surface area contributed by atoms with Crippen molar-refractivity contribution in [3.05, 3.63) is 0 Å². The lowest BCUT2D eigenvalue weighted by molar-refractivity contribution is 0.0812.